The quantitative estimate of drug-likeness (QED) is 0.193. The molecule has 9 aromatic rings. The molecule has 0 radical (unpaired) electrons. The molecule has 2 heteroatoms. The molecule has 0 unspecified atom stereocenters. The van der Waals surface area contributed by atoms with Crippen molar-refractivity contribution in [1.82, 2.24) is 0 Å². The van der Waals surface area contributed by atoms with Gasteiger partial charge in [0.1, 0.15) is 11.2 Å². The smallest absolute Gasteiger partial charge is 0.135 e. The molecular formula is C47H33NO. The van der Waals surface area contributed by atoms with Gasteiger partial charge in [-0.2, -0.15) is 0 Å². The van der Waals surface area contributed by atoms with E-state index in [2.05, 4.69) is 170 Å². The molecule has 0 spiro atoms. The van der Waals surface area contributed by atoms with Gasteiger partial charge in [-0.25, -0.2) is 0 Å². The Kier molecular flexibility index (Phi) is 5.95. The van der Waals surface area contributed by atoms with Crippen molar-refractivity contribution in [2.24, 2.45) is 0 Å². The average Bonchev–Trinajstić information content (AvgIpc) is 3.63. The van der Waals surface area contributed by atoms with Crippen LogP contribution in [-0.4, -0.2) is 0 Å². The van der Waals surface area contributed by atoms with E-state index in [4.69, 9.17) is 4.42 Å². The second-order valence-electron chi connectivity index (χ2n) is 13.8. The zero-order valence-corrected chi connectivity index (χ0v) is 27.4. The number of nitrogens with zero attached hydrogens (tertiary/aromatic N) is 1. The molecule has 10 rings (SSSR count). The Hall–Kier alpha value is -6.12. The lowest BCUT2D eigenvalue weighted by atomic mass is 9.81. The van der Waals surface area contributed by atoms with Crippen molar-refractivity contribution >= 4 is 60.5 Å². The van der Waals surface area contributed by atoms with Gasteiger partial charge in [0.2, 0.25) is 0 Å². The summed E-state index contributed by atoms with van der Waals surface area (Å²) in [5.41, 5.74) is 13.0. The third-order valence-corrected chi connectivity index (χ3v) is 10.6. The Morgan fingerprint density at radius 2 is 1.12 bits per heavy atom. The summed E-state index contributed by atoms with van der Waals surface area (Å²) in [7, 11) is 0. The molecule has 8 aromatic carbocycles. The summed E-state index contributed by atoms with van der Waals surface area (Å²) in [5, 5.41) is 7.10. The van der Waals surface area contributed by atoms with Gasteiger partial charge in [0.25, 0.3) is 0 Å². The van der Waals surface area contributed by atoms with E-state index in [-0.39, 0.29) is 5.41 Å². The van der Waals surface area contributed by atoms with Crippen molar-refractivity contribution in [2.45, 2.75) is 19.3 Å². The summed E-state index contributed by atoms with van der Waals surface area (Å²) in [5.74, 6) is 0. The number of hydrogen-bond donors (Lipinski definition) is 0. The van der Waals surface area contributed by atoms with Crippen LogP contribution in [0, 0.1) is 0 Å². The highest BCUT2D eigenvalue weighted by Gasteiger charge is 2.35. The molecule has 232 valence electrons. The Morgan fingerprint density at radius 3 is 2.04 bits per heavy atom. The molecule has 49 heavy (non-hydrogen) atoms. The maximum absolute atomic E-state index is 6.26. The SMILES string of the molecule is CC1(C)c2ccccc2-c2ccc(-c3cccc4cccc(N(c5ccc6ccccc6c5)c5ccc6oc7ccccc7c6c5)c34)cc21. The maximum atomic E-state index is 6.26. The van der Waals surface area contributed by atoms with E-state index in [0.29, 0.717) is 0 Å². The first-order valence-electron chi connectivity index (χ1n) is 17.0. The predicted molar refractivity (Wildman–Crippen MR) is 206 cm³/mol. The lowest BCUT2D eigenvalue weighted by Crippen LogP contribution is -2.15. The van der Waals surface area contributed by atoms with Gasteiger partial charge in [0.05, 0.1) is 5.69 Å². The van der Waals surface area contributed by atoms with Gasteiger partial charge < -0.3 is 9.32 Å². The van der Waals surface area contributed by atoms with Gasteiger partial charge in [0, 0.05) is 32.9 Å². The Bertz CT molecular complexity index is 2760. The van der Waals surface area contributed by atoms with Crippen LogP contribution < -0.4 is 4.90 Å². The van der Waals surface area contributed by atoms with Gasteiger partial charge in [-0.1, -0.05) is 129 Å². The third-order valence-electron chi connectivity index (χ3n) is 10.6. The highest BCUT2D eigenvalue weighted by atomic mass is 16.3. The fraction of sp³-hybridized carbons (Fsp3) is 0.0638. The van der Waals surface area contributed by atoms with Crippen molar-refractivity contribution in [1.29, 1.82) is 0 Å². The number of rotatable bonds is 4. The van der Waals surface area contributed by atoms with E-state index in [0.717, 1.165) is 39.0 Å². The maximum Gasteiger partial charge on any atom is 0.135 e. The van der Waals surface area contributed by atoms with Gasteiger partial charge in [-0.05, 0) is 98.1 Å². The molecule has 0 aliphatic heterocycles. The minimum absolute atomic E-state index is 0.0741. The van der Waals surface area contributed by atoms with Gasteiger partial charge in [0.15, 0.2) is 0 Å². The fourth-order valence-corrected chi connectivity index (χ4v) is 8.22. The average molecular weight is 628 g/mol. The monoisotopic (exact) mass is 627 g/mol. The van der Waals surface area contributed by atoms with E-state index in [1.54, 1.807) is 0 Å². The predicted octanol–water partition coefficient (Wildman–Crippen LogP) is 13.3. The topological polar surface area (TPSA) is 16.4 Å². The van der Waals surface area contributed by atoms with E-state index < -0.39 is 0 Å². The van der Waals surface area contributed by atoms with Crippen LogP contribution in [0.1, 0.15) is 25.0 Å². The number of fused-ring (bicyclic) bond motifs is 8. The summed E-state index contributed by atoms with van der Waals surface area (Å²) in [6.45, 7) is 4.71. The zero-order valence-electron chi connectivity index (χ0n) is 27.4. The van der Waals surface area contributed by atoms with Crippen LogP contribution in [-0.2, 0) is 5.41 Å². The van der Waals surface area contributed by atoms with Crippen LogP contribution in [0.4, 0.5) is 17.1 Å². The Balaban J connectivity index is 1.23. The third kappa shape index (κ3) is 4.20. The summed E-state index contributed by atoms with van der Waals surface area (Å²) in [6, 6.07) is 59.6. The number of furan rings is 1. The van der Waals surface area contributed by atoms with Gasteiger partial charge in [-0.15, -0.1) is 0 Å². The van der Waals surface area contributed by atoms with Crippen LogP contribution in [0.2, 0.25) is 0 Å². The molecule has 2 nitrogen and oxygen atoms in total. The van der Waals surface area contributed by atoms with E-state index in [1.807, 2.05) is 12.1 Å². The summed E-state index contributed by atoms with van der Waals surface area (Å²) in [6.07, 6.45) is 0. The standard InChI is InChI=1S/C47H33NO/c1-47(2)41-18-7-5-15-37(41)38-25-22-33(28-42(38)47)36-17-9-13-31-14-10-19-43(46(31)36)48(34-23-21-30-11-3-4-12-32(30)27-34)35-24-26-45-40(29-35)39-16-6-8-20-44(39)49-45/h3-29H,1-2H3. The largest absolute Gasteiger partial charge is 0.456 e. The molecular weight excluding hydrogens is 595 g/mol. The first-order chi connectivity index (χ1) is 24.0. The second kappa shape index (κ2) is 10.4. The molecule has 0 saturated heterocycles. The van der Waals surface area contributed by atoms with Crippen molar-refractivity contribution < 1.29 is 4.42 Å². The first-order valence-corrected chi connectivity index (χ1v) is 17.0. The van der Waals surface area contributed by atoms with Crippen LogP contribution in [0.25, 0.3) is 65.7 Å². The number of para-hydroxylation sites is 1. The van der Waals surface area contributed by atoms with Crippen molar-refractivity contribution in [2.75, 3.05) is 4.90 Å². The highest BCUT2D eigenvalue weighted by Crippen LogP contribution is 2.51. The first kappa shape index (κ1) is 27.9. The second-order valence-corrected chi connectivity index (χ2v) is 13.8. The van der Waals surface area contributed by atoms with Crippen LogP contribution in [0.5, 0.6) is 0 Å². The van der Waals surface area contributed by atoms with E-state index in [1.165, 1.54) is 54.9 Å². The Labute approximate surface area is 285 Å². The Morgan fingerprint density at radius 1 is 0.449 bits per heavy atom. The van der Waals surface area contributed by atoms with Gasteiger partial charge >= 0.3 is 0 Å². The molecule has 0 atom stereocenters. The van der Waals surface area contributed by atoms with Crippen molar-refractivity contribution in [3.63, 3.8) is 0 Å². The van der Waals surface area contributed by atoms with Crippen LogP contribution in [0.15, 0.2) is 168 Å². The van der Waals surface area contributed by atoms with Crippen molar-refractivity contribution in [3.05, 3.63) is 175 Å². The fourth-order valence-electron chi connectivity index (χ4n) is 8.22. The highest BCUT2D eigenvalue weighted by molar-refractivity contribution is 6.10. The summed E-state index contributed by atoms with van der Waals surface area (Å²) in [4.78, 5) is 2.42. The minimum Gasteiger partial charge on any atom is -0.456 e. The molecule has 0 saturated carbocycles. The molecule has 0 N–H and O–H groups in total. The minimum atomic E-state index is -0.0741. The number of benzene rings is 8. The van der Waals surface area contributed by atoms with Crippen LogP contribution in [0.3, 0.4) is 0 Å². The van der Waals surface area contributed by atoms with Gasteiger partial charge in [-0.3, -0.25) is 0 Å². The molecule has 1 aliphatic rings. The molecule has 0 bridgehead atoms. The number of hydrogen-bond acceptors (Lipinski definition) is 2. The lowest BCUT2D eigenvalue weighted by molar-refractivity contribution is 0.660. The normalized spacial score (nSPS) is 13.3. The molecule has 1 heterocycles. The summed E-state index contributed by atoms with van der Waals surface area (Å²) >= 11 is 0. The summed E-state index contributed by atoms with van der Waals surface area (Å²) < 4.78 is 6.26. The molecule has 0 fully saturated rings. The number of anilines is 3. The van der Waals surface area contributed by atoms with E-state index in [9.17, 15) is 0 Å². The molecule has 0 amide bonds. The lowest BCUT2D eigenvalue weighted by Gasteiger charge is -2.28. The zero-order chi connectivity index (χ0) is 32.7. The van der Waals surface area contributed by atoms with Crippen molar-refractivity contribution in [3.8, 4) is 22.3 Å². The molecule has 1 aromatic heterocycles. The van der Waals surface area contributed by atoms with Crippen LogP contribution >= 0.6 is 0 Å². The molecule has 1 aliphatic carbocycles. The van der Waals surface area contributed by atoms with E-state index >= 15 is 0 Å².